The number of fused-ring (bicyclic) bond motifs is 4. The molecule has 3 aromatic carbocycles. The average molecular weight is 468 g/mol. The van der Waals surface area contributed by atoms with E-state index in [0.29, 0.717) is 40.8 Å². The van der Waals surface area contributed by atoms with E-state index >= 15 is 0 Å². The highest BCUT2D eigenvalue weighted by atomic mass is 35.5. The van der Waals surface area contributed by atoms with E-state index in [2.05, 4.69) is 10.2 Å². The lowest BCUT2D eigenvalue weighted by molar-refractivity contribution is 0.0655. The topological polar surface area (TPSA) is 80.5 Å². The van der Waals surface area contributed by atoms with Gasteiger partial charge in [0.2, 0.25) is 0 Å². The standard InChI is InChI=1S/C26H18ClN5O2/c27-17-10-11-21-20(14-17)24(16-6-2-1-3-7-16)28-15-23-30-29-22(32(21)23)12-13-31-25(33)18-8-4-5-9-19(18)26(31)34/h1-11,14H,12-13,15H2. The number of benzene rings is 3. The van der Waals surface area contributed by atoms with Crippen molar-refractivity contribution in [2.24, 2.45) is 4.99 Å². The second kappa shape index (κ2) is 8.04. The van der Waals surface area contributed by atoms with E-state index in [0.717, 1.165) is 22.5 Å². The molecule has 4 aromatic rings. The van der Waals surface area contributed by atoms with Gasteiger partial charge in [0.1, 0.15) is 12.4 Å². The first-order valence-corrected chi connectivity index (χ1v) is 11.3. The molecule has 7 nitrogen and oxygen atoms in total. The van der Waals surface area contributed by atoms with Crippen molar-refractivity contribution in [1.29, 1.82) is 0 Å². The summed E-state index contributed by atoms with van der Waals surface area (Å²) in [6.07, 6.45) is 0.362. The molecule has 0 atom stereocenters. The highest BCUT2D eigenvalue weighted by Gasteiger charge is 2.35. The molecule has 2 aliphatic heterocycles. The third-order valence-corrected chi connectivity index (χ3v) is 6.35. The van der Waals surface area contributed by atoms with Crippen LogP contribution in [0.4, 0.5) is 0 Å². The lowest BCUT2D eigenvalue weighted by Gasteiger charge is -2.16. The van der Waals surface area contributed by atoms with Crippen LogP contribution in [0.2, 0.25) is 5.02 Å². The predicted octanol–water partition coefficient (Wildman–Crippen LogP) is 4.11. The van der Waals surface area contributed by atoms with E-state index in [-0.39, 0.29) is 18.4 Å². The number of halogens is 1. The summed E-state index contributed by atoms with van der Waals surface area (Å²) < 4.78 is 1.96. The van der Waals surface area contributed by atoms with Crippen LogP contribution in [0.5, 0.6) is 0 Å². The number of hydrogen-bond acceptors (Lipinski definition) is 5. The Labute approximate surface area is 200 Å². The highest BCUT2D eigenvalue weighted by molar-refractivity contribution is 6.31. The van der Waals surface area contributed by atoms with Crippen LogP contribution in [0, 0.1) is 0 Å². The third kappa shape index (κ3) is 3.24. The number of hydrogen-bond donors (Lipinski definition) is 0. The van der Waals surface area contributed by atoms with Gasteiger partial charge in [-0.05, 0) is 30.3 Å². The van der Waals surface area contributed by atoms with Crippen molar-refractivity contribution < 1.29 is 9.59 Å². The summed E-state index contributed by atoms with van der Waals surface area (Å²) in [6.45, 7) is 0.552. The molecule has 0 fully saturated rings. The molecule has 3 heterocycles. The van der Waals surface area contributed by atoms with Crippen molar-refractivity contribution in [3.8, 4) is 5.69 Å². The fraction of sp³-hybridized carbons (Fsp3) is 0.115. The zero-order chi connectivity index (χ0) is 23.2. The molecule has 166 valence electrons. The van der Waals surface area contributed by atoms with E-state index in [1.165, 1.54) is 4.90 Å². The van der Waals surface area contributed by atoms with Crippen LogP contribution in [0.3, 0.4) is 0 Å². The summed E-state index contributed by atoms with van der Waals surface area (Å²) in [7, 11) is 0. The van der Waals surface area contributed by atoms with Crippen molar-refractivity contribution in [3.63, 3.8) is 0 Å². The first-order valence-electron chi connectivity index (χ1n) is 10.9. The zero-order valence-corrected chi connectivity index (χ0v) is 18.7. The van der Waals surface area contributed by atoms with E-state index in [4.69, 9.17) is 16.6 Å². The molecule has 0 saturated heterocycles. The second-order valence-electron chi connectivity index (χ2n) is 8.12. The van der Waals surface area contributed by atoms with Gasteiger partial charge in [-0.1, -0.05) is 54.1 Å². The van der Waals surface area contributed by atoms with Gasteiger partial charge in [-0.25, -0.2) is 0 Å². The number of nitrogens with zero attached hydrogens (tertiary/aromatic N) is 5. The van der Waals surface area contributed by atoms with E-state index < -0.39 is 0 Å². The number of carbonyl (C=O) groups is 2. The maximum atomic E-state index is 12.8. The van der Waals surface area contributed by atoms with Crippen molar-refractivity contribution in [2.75, 3.05) is 6.54 Å². The van der Waals surface area contributed by atoms with E-state index in [9.17, 15) is 9.59 Å². The minimum atomic E-state index is -0.280. The molecule has 2 amide bonds. The van der Waals surface area contributed by atoms with Gasteiger partial charge in [0.05, 0.1) is 22.5 Å². The summed E-state index contributed by atoms with van der Waals surface area (Å²) in [4.78, 5) is 31.7. The summed E-state index contributed by atoms with van der Waals surface area (Å²) in [6, 6.07) is 22.5. The predicted molar refractivity (Wildman–Crippen MR) is 128 cm³/mol. The van der Waals surface area contributed by atoms with Crippen LogP contribution in [0.25, 0.3) is 5.69 Å². The van der Waals surface area contributed by atoms with Gasteiger partial charge in [-0.2, -0.15) is 0 Å². The van der Waals surface area contributed by atoms with Gasteiger partial charge >= 0.3 is 0 Å². The monoisotopic (exact) mass is 467 g/mol. The van der Waals surface area contributed by atoms with Crippen molar-refractivity contribution in [3.05, 3.63) is 112 Å². The molecule has 1 aromatic heterocycles. The fourth-order valence-electron chi connectivity index (χ4n) is 4.52. The Morgan fingerprint density at radius 2 is 1.53 bits per heavy atom. The molecule has 8 heteroatoms. The molecule has 6 rings (SSSR count). The maximum absolute atomic E-state index is 12.8. The number of aliphatic imine (C=N–C) groups is 1. The van der Waals surface area contributed by atoms with Crippen LogP contribution < -0.4 is 0 Å². The molecule has 2 aliphatic rings. The van der Waals surface area contributed by atoms with Crippen molar-refractivity contribution in [2.45, 2.75) is 13.0 Å². The number of aromatic nitrogens is 3. The smallest absolute Gasteiger partial charge is 0.261 e. The quantitative estimate of drug-likeness (QED) is 0.423. The molecule has 34 heavy (non-hydrogen) atoms. The first kappa shape index (κ1) is 20.5. The summed E-state index contributed by atoms with van der Waals surface area (Å²) >= 11 is 6.37. The van der Waals surface area contributed by atoms with Crippen LogP contribution >= 0.6 is 11.6 Å². The first-order chi connectivity index (χ1) is 16.6. The molecular formula is C26H18ClN5O2. The molecule has 0 unspecified atom stereocenters. The number of imide groups is 1. The van der Waals surface area contributed by atoms with Crippen LogP contribution in [-0.4, -0.2) is 43.7 Å². The molecule has 0 spiro atoms. The van der Waals surface area contributed by atoms with Crippen molar-refractivity contribution >= 4 is 29.1 Å². The highest BCUT2D eigenvalue weighted by Crippen LogP contribution is 2.29. The third-order valence-electron chi connectivity index (χ3n) is 6.11. The van der Waals surface area contributed by atoms with Gasteiger partial charge in [0.25, 0.3) is 11.8 Å². The molecular weight excluding hydrogens is 450 g/mol. The van der Waals surface area contributed by atoms with Crippen LogP contribution in [-0.2, 0) is 13.0 Å². The molecule has 0 radical (unpaired) electrons. The van der Waals surface area contributed by atoms with Crippen molar-refractivity contribution in [1.82, 2.24) is 19.7 Å². The van der Waals surface area contributed by atoms with E-state index in [1.807, 2.05) is 53.1 Å². The number of rotatable bonds is 4. The van der Waals surface area contributed by atoms with Gasteiger partial charge in [0, 0.05) is 29.1 Å². The van der Waals surface area contributed by atoms with Gasteiger partial charge in [0.15, 0.2) is 5.82 Å². The maximum Gasteiger partial charge on any atom is 0.261 e. The lowest BCUT2D eigenvalue weighted by Crippen LogP contribution is -2.32. The lowest BCUT2D eigenvalue weighted by atomic mass is 10.0. The number of carbonyl (C=O) groups excluding carboxylic acids is 2. The average Bonchev–Trinajstić information content (AvgIpc) is 3.31. The minimum Gasteiger partial charge on any atom is -0.281 e. The Balaban J connectivity index is 1.36. The Morgan fingerprint density at radius 1 is 0.824 bits per heavy atom. The minimum absolute atomic E-state index is 0.208. The van der Waals surface area contributed by atoms with Gasteiger partial charge < -0.3 is 0 Å². The summed E-state index contributed by atoms with van der Waals surface area (Å²) in [5.41, 5.74) is 4.43. The Hall–Kier alpha value is -4.10. The number of amides is 2. The second-order valence-corrected chi connectivity index (χ2v) is 8.55. The Kier molecular flexibility index (Phi) is 4.85. The van der Waals surface area contributed by atoms with Crippen LogP contribution in [0.15, 0.2) is 77.8 Å². The molecule has 0 bridgehead atoms. The fourth-order valence-corrected chi connectivity index (χ4v) is 4.69. The normalized spacial score (nSPS) is 14.4. The summed E-state index contributed by atoms with van der Waals surface area (Å²) in [5.74, 6) is 0.780. The Morgan fingerprint density at radius 3 is 2.26 bits per heavy atom. The van der Waals surface area contributed by atoms with Gasteiger partial charge in [-0.15, -0.1) is 10.2 Å². The summed E-state index contributed by atoms with van der Waals surface area (Å²) in [5, 5.41) is 9.36. The van der Waals surface area contributed by atoms with Crippen LogP contribution in [0.1, 0.15) is 43.5 Å². The Bertz CT molecular complexity index is 1460. The molecule has 0 N–H and O–H groups in total. The molecule has 0 aliphatic carbocycles. The zero-order valence-electron chi connectivity index (χ0n) is 18.0. The molecule has 0 saturated carbocycles. The SMILES string of the molecule is O=C1c2ccccc2C(=O)N1CCc1nnc2n1-c1ccc(Cl)cc1C(c1ccccc1)=NC2. The van der Waals surface area contributed by atoms with Gasteiger partial charge in [-0.3, -0.25) is 24.0 Å². The largest absolute Gasteiger partial charge is 0.281 e. The van der Waals surface area contributed by atoms with E-state index in [1.54, 1.807) is 24.3 Å².